The maximum Gasteiger partial charge on any atom is 0.226 e. The number of halogens is 1. The Balaban J connectivity index is 1.64. The molecule has 6 nitrogen and oxygen atoms in total. The topological polar surface area (TPSA) is 67.2 Å². The number of aromatic nitrogens is 2. The molecule has 0 bridgehead atoms. The molecule has 1 aromatic heterocycles. The molecular weight excluding hydrogens is 359 g/mol. The largest absolute Gasteiger partial charge is 0.356 e. The fourth-order valence-corrected chi connectivity index (χ4v) is 3.62. The third-order valence-electron chi connectivity index (χ3n) is 5.11. The Morgan fingerprint density at radius 2 is 2.04 bits per heavy atom. The molecule has 1 N–H and O–H groups in total. The summed E-state index contributed by atoms with van der Waals surface area (Å²) in [6.45, 7) is 3.23. The summed E-state index contributed by atoms with van der Waals surface area (Å²) in [5.41, 5.74) is 1.92. The molecule has 2 amide bonds. The van der Waals surface area contributed by atoms with Crippen LogP contribution in [0.4, 0.5) is 4.39 Å². The van der Waals surface area contributed by atoms with Crippen LogP contribution in [-0.4, -0.2) is 45.9 Å². The van der Waals surface area contributed by atoms with Crippen molar-refractivity contribution in [1.29, 1.82) is 0 Å². The predicted molar refractivity (Wildman–Crippen MR) is 105 cm³/mol. The average molecular weight is 384 g/mol. The van der Waals surface area contributed by atoms with Crippen LogP contribution in [0.1, 0.15) is 30.5 Å². The average Bonchev–Trinajstić information content (AvgIpc) is 3.27. The Morgan fingerprint density at radius 3 is 2.68 bits per heavy atom. The van der Waals surface area contributed by atoms with Crippen molar-refractivity contribution in [1.82, 2.24) is 19.8 Å². The van der Waals surface area contributed by atoms with Crippen LogP contribution in [0.25, 0.3) is 6.08 Å². The minimum Gasteiger partial charge on any atom is -0.356 e. The second-order valence-electron chi connectivity index (χ2n) is 7.19. The second-order valence-corrected chi connectivity index (χ2v) is 7.19. The zero-order chi connectivity index (χ0) is 20.1. The second kappa shape index (κ2) is 8.82. The molecule has 1 aliphatic rings. The molecule has 2 heterocycles. The molecule has 2 aromatic rings. The molecular formula is C21H25FN4O2. The van der Waals surface area contributed by atoms with Crippen LogP contribution < -0.4 is 5.32 Å². The van der Waals surface area contributed by atoms with Crippen LogP contribution >= 0.6 is 0 Å². The lowest BCUT2D eigenvalue weighted by Gasteiger charge is -2.18. The van der Waals surface area contributed by atoms with Gasteiger partial charge in [0, 0.05) is 63.8 Å². The molecule has 1 aliphatic heterocycles. The maximum absolute atomic E-state index is 13.0. The molecule has 148 valence electrons. The van der Waals surface area contributed by atoms with Gasteiger partial charge in [0.1, 0.15) is 5.82 Å². The zero-order valence-corrected chi connectivity index (χ0v) is 16.1. The van der Waals surface area contributed by atoms with Crippen LogP contribution in [0, 0.1) is 11.7 Å². The number of likely N-dealkylation sites (tertiary alicyclic amines) is 1. The van der Waals surface area contributed by atoms with Gasteiger partial charge in [-0.25, -0.2) is 9.37 Å². The van der Waals surface area contributed by atoms with E-state index in [2.05, 4.69) is 10.3 Å². The number of amides is 2. The summed E-state index contributed by atoms with van der Waals surface area (Å²) in [6.07, 6.45) is 7.48. The van der Waals surface area contributed by atoms with Crippen molar-refractivity contribution in [2.45, 2.75) is 19.3 Å². The van der Waals surface area contributed by atoms with Gasteiger partial charge in [-0.2, -0.15) is 0 Å². The fourth-order valence-electron chi connectivity index (χ4n) is 3.62. The SMILES string of the molecule is CC(=O)NC[C@@H]1CN(C(=O)C/C=C/c2ccc(F)cc2)C[C@H]1c1cncn1C. The van der Waals surface area contributed by atoms with Crippen LogP contribution in [0.2, 0.25) is 0 Å². The maximum atomic E-state index is 13.0. The van der Waals surface area contributed by atoms with Crippen molar-refractivity contribution in [3.63, 3.8) is 0 Å². The fraction of sp³-hybridized carbons (Fsp3) is 0.381. The highest BCUT2D eigenvalue weighted by Crippen LogP contribution is 2.32. The lowest BCUT2D eigenvalue weighted by atomic mass is 9.93. The van der Waals surface area contributed by atoms with Gasteiger partial charge >= 0.3 is 0 Å². The Labute approximate surface area is 164 Å². The number of carbonyl (C=O) groups is 2. The first kappa shape index (κ1) is 19.8. The molecule has 7 heteroatoms. The summed E-state index contributed by atoms with van der Waals surface area (Å²) in [5, 5.41) is 2.88. The number of imidazole rings is 1. The molecule has 0 radical (unpaired) electrons. The van der Waals surface area contributed by atoms with E-state index < -0.39 is 0 Å². The van der Waals surface area contributed by atoms with Crippen molar-refractivity contribution >= 4 is 17.9 Å². The lowest BCUT2D eigenvalue weighted by Crippen LogP contribution is -2.32. The van der Waals surface area contributed by atoms with Crippen molar-refractivity contribution in [2.24, 2.45) is 13.0 Å². The van der Waals surface area contributed by atoms with Gasteiger partial charge < -0.3 is 14.8 Å². The Morgan fingerprint density at radius 1 is 1.29 bits per heavy atom. The Bertz CT molecular complexity index is 860. The molecule has 2 atom stereocenters. The Kier molecular flexibility index (Phi) is 6.23. The van der Waals surface area contributed by atoms with E-state index in [4.69, 9.17) is 0 Å². The van der Waals surface area contributed by atoms with Crippen molar-refractivity contribution in [3.8, 4) is 0 Å². The molecule has 1 saturated heterocycles. The van der Waals surface area contributed by atoms with Crippen LogP contribution in [0.15, 0.2) is 42.9 Å². The van der Waals surface area contributed by atoms with Gasteiger partial charge in [-0.3, -0.25) is 9.59 Å². The summed E-state index contributed by atoms with van der Waals surface area (Å²) in [7, 11) is 1.94. The van der Waals surface area contributed by atoms with E-state index in [-0.39, 0.29) is 35.9 Å². The summed E-state index contributed by atoms with van der Waals surface area (Å²) in [5.74, 6) is -0.0444. The monoisotopic (exact) mass is 384 g/mol. The third-order valence-corrected chi connectivity index (χ3v) is 5.11. The Hall–Kier alpha value is -2.96. The molecule has 0 spiro atoms. The zero-order valence-electron chi connectivity index (χ0n) is 16.1. The van der Waals surface area contributed by atoms with Gasteiger partial charge in [0.15, 0.2) is 0 Å². The minimum absolute atomic E-state index is 0.0378. The molecule has 1 aromatic carbocycles. The number of hydrogen-bond donors (Lipinski definition) is 1. The van der Waals surface area contributed by atoms with Gasteiger partial charge in [-0.1, -0.05) is 24.3 Å². The van der Waals surface area contributed by atoms with Crippen LogP contribution in [0.3, 0.4) is 0 Å². The molecule has 3 rings (SSSR count). The van der Waals surface area contributed by atoms with E-state index in [1.165, 1.54) is 19.1 Å². The van der Waals surface area contributed by atoms with Gasteiger partial charge in [0.2, 0.25) is 11.8 Å². The number of nitrogens with one attached hydrogen (secondary N) is 1. The summed E-state index contributed by atoms with van der Waals surface area (Å²) >= 11 is 0. The van der Waals surface area contributed by atoms with E-state index in [1.807, 2.05) is 28.8 Å². The van der Waals surface area contributed by atoms with E-state index in [0.29, 0.717) is 19.6 Å². The highest BCUT2D eigenvalue weighted by Gasteiger charge is 2.37. The smallest absolute Gasteiger partial charge is 0.226 e. The molecule has 0 aliphatic carbocycles. The molecule has 28 heavy (non-hydrogen) atoms. The van der Waals surface area contributed by atoms with Crippen molar-refractivity contribution < 1.29 is 14.0 Å². The van der Waals surface area contributed by atoms with E-state index >= 15 is 0 Å². The quantitative estimate of drug-likeness (QED) is 0.831. The van der Waals surface area contributed by atoms with Gasteiger partial charge in [0.25, 0.3) is 0 Å². The lowest BCUT2D eigenvalue weighted by molar-refractivity contribution is -0.129. The normalized spacial score (nSPS) is 19.3. The molecule has 0 saturated carbocycles. The van der Waals surface area contributed by atoms with Crippen molar-refractivity contribution in [3.05, 3.63) is 59.9 Å². The summed E-state index contributed by atoms with van der Waals surface area (Å²) in [6, 6.07) is 6.14. The van der Waals surface area contributed by atoms with E-state index in [0.717, 1.165) is 11.3 Å². The molecule has 0 unspecified atom stereocenters. The van der Waals surface area contributed by atoms with E-state index in [1.54, 1.807) is 24.5 Å². The van der Waals surface area contributed by atoms with Gasteiger partial charge in [-0.05, 0) is 17.7 Å². The number of aryl methyl sites for hydroxylation is 1. The number of nitrogens with zero attached hydrogens (tertiary/aromatic N) is 3. The van der Waals surface area contributed by atoms with Crippen molar-refractivity contribution in [2.75, 3.05) is 19.6 Å². The van der Waals surface area contributed by atoms with Crippen LogP contribution in [0.5, 0.6) is 0 Å². The first-order chi connectivity index (χ1) is 13.4. The van der Waals surface area contributed by atoms with E-state index in [9.17, 15) is 14.0 Å². The highest BCUT2D eigenvalue weighted by atomic mass is 19.1. The summed E-state index contributed by atoms with van der Waals surface area (Å²) < 4.78 is 14.9. The number of carbonyl (C=O) groups excluding carboxylic acids is 2. The minimum atomic E-state index is -0.281. The summed E-state index contributed by atoms with van der Waals surface area (Å²) in [4.78, 5) is 30.0. The number of benzene rings is 1. The van der Waals surface area contributed by atoms with Gasteiger partial charge in [-0.15, -0.1) is 0 Å². The standard InChI is InChI=1S/C21H25FN4O2/c1-15(27)24-10-17-12-26(13-19(17)20-11-23-14-25(20)2)21(28)5-3-4-16-6-8-18(22)9-7-16/h3-4,6-9,11,14,17,19H,5,10,12-13H2,1-2H3,(H,24,27)/b4-3+/t17-,19-/m1/s1. The first-order valence-electron chi connectivity index (χ1n) is 9.34. The van der Waals surface area contributed by atoms with Gasteiger partial charge in [0.05, 0.1) is 6.33 Å². The third kappa shape index (κ3) is 4.85. The number of rotatable bonds is 6. The van der Waals surface area contributed by atoms with Crippen LogP contribution in [-0.2, 0) is 16.6 Å². The highest BCUT2D eigenvalue weighted by molar-refractivity contribution is 5.79. The molecule has 1 fully saturated rings. The number of hydrogen-bond acceptors (Lipinski definition) is 3. The first-order valence-corrected chi connectivity index (χ1v) is 9.34. The predicted octanol–water partition coefficient (Wildman–Crippen LogP) is 2.34.